The predicted molar refractivity (Wildman–Crippen MR) is 125 cm³/mol. The highest BCUT2D eigenvalue weighted by Gasteiger charge is 2.38. The van der Waals surface area contributed by atoms with E-state index in [9.17, 15) is 14.7 Å². The molecule has 0 saturated carbocycles. The molecule has 0 aromatic heterocycles. The maximum atomic E-state index is 13.1. The molecule has 0 bridgehead atoms. The van der Waals surface area contributed by atoms with Crippen LogP contribution in [0, 0.1) is 5.92 Å². The van der Waals surface area contributed by atoms with Crippen LogP contribution in [0.5, 0.6) is 5.75 Å². The van der Waals surface area contributed by atoms with Crippen molar-refractivity contribution in [2.24, 2.45) is 5.92 Å². The quantitative estimate of drug-likeness (QED) is 0.567. The fourth-order valence-corrected chi connectivity index (χ4v) is 5.06. The number of piperidine rings is 1. The maximum absolute atomic E-state index is 13.1. The summed E-state index contributed by atoms with van der Waals surface area (Å²) >= 11 is 0. The Kier molecular flexibility index (Phi) is 7.38. The minimum absolute atomic E-state index is 0.0454. The Balaban J connectivity index is 1.61. The molecule has 2 aliphatic rings. The van der Waals surface area contributed by atoms with Gasteiger partial charge in [-0.25, -0.2) is 0 Å². The molecule has 2 atom stereocenters. The van der Waals surface area contributed by atoms with Crippen LogP contribution in [0.2, 0.25) is 0 Å². The minimum Gasteiger partial charge on any atom is -0.486 e. The molecule has 0 amide bonds. The van der Waals surface area contributed by atoms with Crippen LogP contribution in [0.15, 0.2) is 42.5 Å². The summed E-state index contributed by atoms with van der Waals surface area (Å²) in [6.45, 7) is 3.79. The Labute approximate surface area is 190 Å². The first-order valence-electron chi connectivity index (χ1n) is 11.9. The molecule has 0 spiro atoms. The van der Waals surface area contributed by atoms with Crippen molar-refractivity contribution in [2.45, 2.75) is 57.5 Å². The molecule has 5 nitrogen and oxygen atoms in total. The molecule has 4 rings (SSSR count). The number of hydrogen-bond donors (Lipinski definition) is 2. The van der Waals surface area contributed by atoms with Gasteiger partial charge in [0, 0.05) is 24.0 Å². The number of nitrogens with one attached hydrogen (secondary N) is 1. The number of hydrogen-bond acceptors (Lipinski definition) is 5. The molecule has 5 heteroatoms. The highest BCUT2D eigenvalue weighted by Crippen LogP contribution is 2.45. The van der Waals surface area contributed by atoms with E-state index in [0.717, 1.165) is 37.1 Å². The third kappa shape index (κ3) is 4.79. The van der Waals surface area contributed by atoms with E-state index in [1.165, 1.54) is 12.8 Å². The van der Waals surface area contributed by atoms with Gasteiger partial charge < -0.3 is 15.2 Å². The lowest BCUT2D eigenvalue weighted by Gasteiger charge is -2.22. The Hall–Kier alpha value is -2.50. The number of carbonyl (C=O) groups is 2. The smallest absolute Gasteiger partial charge is 0.166 e. The maximum Gasteiger partial charge on any atom is 0.166 e. The number of Topliss-reactive ketones (excluding diaryl/α,β-unsaturated/α-hetero) is 2. The van der Waals surface area contributed by atoms with Crippen molar-refractivity contribution in [3.63, 3.8) is 0 Å². The lowest BCUT2D eigenvalue weighted by atomic mass is 9.85. The summed E-state index contributed by atoms with van der Waals surface area (Å²) < 4.78 is 6.08. The van der Waals surface area contributed by atoms with Crippen LogP contribution in [-0.2, 0) is 0 Å². The van der Waals surface area contributed by atoms with Crippen LogP contribution in [0.25, 0.3) is 0 Å². The molecule has 0 radical (unpaired) electrons. The minimum atomic E-state index is -0.471. The second-order valence-corrected chi connectivity index (χ2v) is 8.95. The van der Waals surface area contributed by atoms with E-state index >= 15 is 0 Å². The van der Waals surface area contributed by atoms with Crippen LogP contribution >= 0.6 is 0 Å². The average molecular weight is 436 g/mol. The van der Waals surface area contributed by atoms with E-state index in [1.807, 2.05) is 43.3 Å². The number of ether oxygens (including phenoxy) is 1. The highest BCUT2D eigenvalue weighted by atomic mass is 16.5. The lowest BCUT2D eigenvalue weighted by molar-refractivity contribution is 0.0971. The summed E-state index contributed by atoms with van der Waals surface area (Å²) in [5.41, 5.74) is 2.88. The van der Waals surface area contributed by atoms with Gasteiger partial charge in [0.1, 0.15) is 11.9 Å². The molecule has 2 aromatic carbocycles. The number of rotatable bonds is 9. The first-order valence-corrected chi connectivity index (χ1v) is 11.9. The van der Waals surface area contributed by atoms with Gasteiger partial charge in [-0.2, -0.15) is 0 Å². The van der Waals surface area contributed by atoms with Crippen molar-refractivity contribution in [3.8, 4) is 5.75 Å². The van der Waals surface area contributed by atoms with E-state index in [0.29, 0.717) is 35.6 Å². The van der Waals surface area contributed by atoms with Crippen molar-refractivity contribution in [3.05, 3.63) is 64.7 Å². The van der Waals surface area contributed by atoms with E-state index in [1.54, 1.807) is 6.07 Å². The SMILES string of the molecule is CCC(=O)c1cc(C(=O)CCCC2CCNCC2)cc2c1O[C@H](CO)[C@H]2c1ccccc1. The molecule has 170 valence electrons. The molecule has 32 heavy (non-hydrogen) atoms. The number of carbonyl (C=O) groups excluding carboxylic acids is 2. The second-order valence-electron chi connectivity index (χ2n) is 8.95. The molecule has 2 aliphatic heterocycles. The molecule has 0 unspecified atom stereocenters. The Morgan fingerprint density at radius 2 is 1.84 bits per heavy atom. The summed E-state index contributed by atoms with van der Waals surface area (Å²) in [4.78, 5) is 25.9. The Bertz CT molecular complexity index is 950. The normalized spacial score (nSPS) is 20.6. The topological polar surface area (TPSA) is 75.6 Å². The van der Waals surface area contributed by atoms with E-state index in [4.69, 9.17) is 4.74 Å². The average Bonchev–Trinajstić information content (AvgIpc) is 3.22. The van der Waals surface area contributed by atoms with E-state index in [-0.39, 0.29) is 24.1 Å². The zero-order valence-electron chi connectivity index (χ0n) is 18.8. The fraction of sp³-hybridized carbons (Fsp3) is 0.481. The molecule has 2 aromatic rings. The number of benzene rings is 2. The summed E-state index contributed by atoms with van der Waals surface area (Å²) in [5.74, 6) is 1.04. The van der Waals surface area contributed by atoms with Crippen LogP contribution in [0.3, 0.4) is 0 Å². The lowest BCUT2D eigenvalue weighted by Crippen LogP contribution is -2.27. The first-order chi connectivity index (χ1) is 15.6. The van der Waals surface area contributed by atoms with Crippen LogP contribution in [-0.4, -0.2) is 42.5 Å². The Morgan fingerprint density at radius 3 is 2.53 bits per heavy atom. The van der Waals surface area contributed by atoms with Gasteiger partial charge in [0.2, 0.25) is 0 Å². The molecule has 2 N–H and O–H groups in total. The molecule has 1 fully saturated rings. The first kappa shape index (κ1) is 22.7. The number of aliphatic hydroxyl groups is 1. The largest absolute Gasteiger partial charge is 0.486 e. The van der Waals surface area contributed by atoms with Crippen molar-refractivity contribution < 1.29 is 19.4 Å². The predicted octanol–water partition coefficient (Wildman–Crippen LogP) is 4.52. The van der Waals surface area contributed by atoms with Gasteiger partial charge in [0.15, 0.2) is 11.6 Å². The zero-order chi connectivity index (χ0) is 22.5. The Morgan fingerprint density at radius 1 is 1.09 bits per heavy atom. The number of fused-ring (bicyclic) bond motifs is 1. The monoisotopic (exact) mass is 435 g/mol. The van der Waals surface area contributed by atoms with E-state index < -0.39 is 6.10 Å². The van der Waals surface area contributed by atoms with Crippen LogP contribution in [0.1, 0.15) is 83.2 Å². The molecule has 0 aliphatic carbocycles. The van der Waals surface area contributed by atoms with Gasteiger partial charge in [-0.3, -0.25) is 9.59 Å². The number of aliphatic hydroxyl groups excluding tert-OH is 1. The zero-order valence-corrected chi connectivity index (χ0v) is 18.8. The van der Waals surface area contributed by atoms with Crippen molar-refractivity contribution >= 4 is 11.6 Å². The van der Waals surface area contributed by atoms with Gasteiger partial charge in [0.25, 0.3) is 0 Å². The third-order valence-corrected chi connectivity index (χ3v) is 6.85. The van der Waals surface area contributed by atoms with Gasteiger partial charge in [-0.05, 0) is 62.4 Å². The van der Waals surface area contributed by atoms with E-state index in [2.05, 4.69) is 5.32 Å². The summed E-state index contributed by atoms with van der Waals surface area (Å²) in [6.07, 6.45) is 4.66. The fourth-order valence-electron chi connectivity index (χ4n) is 5.06. The highest BCUT2D eigenvalue weighted by molar-refractivity contribution is 6.04. The standard InChI is InChI=1S/C27H33NO4/c1-2-23(30)21-15-20(24(31)10-6-7-18-11-13-28-14-12-18)16-22-26(19-8-4-3-5-9-19)25(17-29)32-27(21)22/h3-5,8-9,15-16,18,25-26,28-29H,2,6-7,10-14,17H2,1H3/t25-,26+/m1/s1. The van der Waals surface area contributed by atoms with Gasteiger partial charge in [0.05, 0.1) is 18.1 Å². The number of ketones is 2. The van der Waals surface area contributed by atoms with Crippen LogP contribution < -0.4 is 10.1 Å². The van der Waals surface area contributed by atoms with Gasteiger partial charge in [-0.15, -0.1) is 0 Å². The van der Waals surface area contributed by atoms with Crippen molar-refractivity contribution in [2.75, 3.05) is 19.7 Å². The van der Waals surface area contributed by atoms with Crippen LogP contribution in [0.4, 0.5) is 0 Å². The molecular weight excluding hydrogens is 402 g/mol. The summed E-state index contributed by atoms with van der Waals surface area (Å²) in [5, 5.41) is 13.4. The van der Waals surface area contributed by atoms with Crippen molar-refractivity contribution in [1.82, 2.24) is 5.32 Å². The van der Waals surface area contributed by atoms with Gasteiger partial charge in [-0.1, -0.05) is 37.3 Å². The molecule has 1 saturated heterocycles. The van der Waals surface area contributed by atoms with Gasteiger partial charge >= 0.3 is 0 Å². The van der Waals surface area contributed by atoms with Crippen molar-refractivity contribution in [1.29, 1.82) is 0 Å². The third-order valence-electron chi connectivity index (χ3n) is 6.85. The molecule has 2 heterocycles. The summed E-state index contributed by atoms with van der Waals surface area (Å²) in [7, 11) is 0. The summed E-state index contributed by atoms with van der Waals surface area (Å²) in [6, 6.07) is 13.5. The second kappa shape index (κ2) is 10.4. The molecular formula is C27H33NO4.